The van der Waals surface area contributed by atoms with E-state index in [1.807, 2.05) is 12.1 Å². The molecule has 0 aliphatic rings. The molecular formula is C12H11ClN6O. The first-order chi connectivity index (χ1) is 9.74. The molecule has 0 spiro atoms. The van der Waals surface area contributed by atoms with E-state index in [0.29, 0.717) is 17.3 Å². The highest BCUT2D eigenvalue weighted by Crippen LogP contribution is 2.14. The molecule has 0 radical (unpaired) electrons. The van der Waals surface area contributed by atoms with Crippen LogP contribution in [0.5, 0.6) is 0 Å². The van der Waals surface area contributed by atoms with Crippen molar-refractivity contribution in [2.24, 2.45) is 0 Å². The van der Waals surface area contributed by atoms with Crippen LogP contribution in [-0.2, 0) is 13.2 Å². The highest BCUT2D eigenvalue weighted by atomic mass is 35.5. The fraction of sp³-hybridized carbons (Fsp3) is 0.167. The Kier molecular flexibility index (Phi) is 3.44. The van der Waals surface area contributed by atoms with E-state index in [-0.39, 0.29) is 6.61 Å². The lowest BCUT2D eigenvalue weighted by Gasteiger charge is -1.99. The molecule has 0 saturated heterocycles. The molecule has 8 heteroatoms. The fourth-order valence-electron chi connectivity index (χ4n) is 1.77. The topological polar surface area (TPSA) is 81.7 Å². The van der Waals surface area contributed by atoms with Crippen molar-refractivity contribution in [2.45, 2.75) is 13.2 Å². The second-order valence-electron chi connectivity index (χ2n) is 4.20. The van der Waals surface area contributed by atoms with Gasteiger partial charge in [0.2, 0.25) is 0 Å². The number of benzene rings is 1. The van der Waals surface area contributed by atoms with E-state index in [1.54, 1.807) is 33.9 Å². The number of hydrogen-bond acceptors (Lipinski definition) is 5. The molecule has 2 aromatic heterocycles. The van der Waals surface area contributed by atoms with Crippen molar-refractivity contribution >= 4 is 11.6 Å². The van der Waals surface area contributed by atoms with Crippen LogP contribution >= 0.6 is 11.6 Å². The Morgan fingerprint density at radius 1 is 1.10 bits per heavy atom. The van der Waals surface area contributed by atoms with E-state index in [4.69, 9.17) is 16.7 Å². The normalized spacial score (nSPS) is 10.9. The van der Waals surface area contributed by atoms with Crippen LogP contribution in [0.15, 0.2) is 36.7 Å². The molecule has 0 atom stereocenters. The van der Waals surface area contributed by atoms with Crippen molar-refractivity contribution < 1.29 is 5.11 Å². The molecule has 3 aromatic rings. The molecule has 2 heterocycles. The Morgan fingerprint density at radius 3 is 2.70 bits per heavy atom. The molecule has 7 nitrogen and oxygen atoms in total. The van der Waals surface area contributed by atoms with Crippen molar-refractivity contribution in [1.29, 1.82) is 0 Å². The molecule has 102 valence electrons. The molecule has 1 aromatic carbocycles. The number of aliphatic hydroxyl groups is 1. The number of hydrogen-bond donors (Lipinski definition) is 1. The van der Waals surface area contributed by atoms with Gasteiger partial charge in [-0.1, -0.05) is 28.1 Å². The minimum Gasteiger partial charge on any atom is -0.390 e. The number of rotatable bonds is 4. The molecule has 0 aliphatic carbocycles. The third-order valence-corrected chi connectivity index (χ3v) is 2.92. The summed E-state index contributed by atoms with van der Waals surface area (Å²) >= 11 is 5.94. The van der Waals surface area contributed by atoms with Crippen LogP contribution in [0.1, 0.15) is 11.4 Å². The zero-order valence-corrected chi connectivity index (χ0v) is 11.1. The number of aliphatic hydroxyl groups excluding tert-OH is 1. The van der Waals surface area contributed by atoms with E-state index in [2.05, 4.69) is 20.6 Å². The quantitative estimate of drug-likeness (QED) is 0.777. The van der Waals surface area contributed by atoms with E-state index in [0.717, 1.165) is 11.4 Å². The van der Waals surface area contributed by atoms with Gasteiger partial charge in [0.25, 0.3) is 0 Å². The van der Waals surface area contributed by atoms with Gasteiger partial charge in [-0.3, -0.25) is 0 Å². The van der Waals surface area contributed by atoms with E-state index in [1.165, 1.54) is 0 Å². The number of aromatic nitrogens is 6. The van der Waals surface area contributed by atoms with Crippen LogP contribution < -0.4 is 0 Å². The van der Waals surface area contributed by atoms with Crippen LogP contribution in [0.2, 0.25) is 5.02 Å². The predicted molar refractivity (Wildman–Crippen MR) is 71.4 cm³/mol. The first-order valence-corrected chi connectivity index (χ1v) is 6.29. The summed E-state index contributed by atoms with van der Waals surface area (Å²) in [5, 5.41) is 25.4. The second-order valence-corrected chi connectivity index (χ2v) is 4.64. The summed E-state index contributed by atoms with van der Waals surface area (Å²) in [7, 11) is 0. The van der Waals surface area contributed by atoms with Gasteiger partial charge in [-0.15, -0.1) is 10.2 Å². The third kappa shape index (κ3) is 2.68. The monoisotopic (exact) mass is 290 g/mol. The molecule has 0 saturated carbocycles. The summed E-state index contributed by atoms with van der Waals surface area (Å²) < 4.78 is 3.24. The molecule has 0 amide bonds. The summed E-state index contributed by atoms with van der Waals surface area (Å²) in [5.41, 5.74) is 2.09. The average molecular weight is 291 g/mol. The Bertz CT molecular complexity index is 722. The highest BCUT2D eigenvalue weighted by Gasteiger charge is 2.06. The zero-order chi connectivity index (χ0) is 13.9. The van der Waals surface area contributed by atoms with Gasteiger partial charge in [0.1, 0.15) is 11.4 Å². The van der Waals surface area contributed by atoms with Gasteiger partial charge >= 0.3 is 0 Å². The van der Waals surface area contributed by atoms with Crippen LogP contribution in [0.3, 0.4) is 0 Å². The molecule has 0 aliphatic heterocycles. The van der Waals surface area contributed by atoms with Gasteiger partial charge in [0, 0.05) is 5.02 Å². The van der Waals surface area contributed by atoms with Gasteiger partial charge in [-0.25, -0.2) is 9.36 Å². The molecule has 0 unspecified atom stereocenters. The van der Waals surface area contributed by atoms with Crippen LogP contribution in [0.25, 0.3) is 5.69 Å². The Balaban J connectivity index is 1.80. The van der Waals surface area contributed by atoms with Gasteiger partial charge in [-0.2, -0.15) is 0 Å². The largest absolute Gasteiger partial charge is 0.390 e. The van der Waals surface area contributed by atoms with Crippen LogP contribution in [0.4, 0.5) is 0 Å². The summed E-state index contributed by atoms with van der Waals surface area (Å²) in [6.45, 7) is 0.308. The maximum Gasteiger partial charge on any atom is 0.108 e. The SMILES string of the molecule is OCc1cn(Cc2cn(-c3cccc(Cl)c3)nn2)nn1. The molecule has 1 N–H and O–H groups in total. The predicted octanol–water partition coefficient (Wildman–Crippen LogP) is 1.05. The Morgan fingerprint density at radius 2 is 1.95 bits per heavy atom. The van der Waals surface area contributed by atoms with Crippen molar-refractivity contribution in [2.75, 3.05) is 0 Å². The molecular weight excluding hydrogens is 280 g/mol. The standard InChI is InChI=1S/C12H11ClN6O/c13-9-2-1-3-12(4-9)19-7-10(14-17-19)5-18-6-11(8-20)15-16-18/h1-4,6-7,20H,5,8H2. The fourth-order valence-corrected chi connectivity index (χ4v) is 1.95. The summed E-state index contributed by atoms with van der Waals surface area (Å²) in [6.07, 6.45) is 3.46. The van der Waals surface area contributed by atoms with E-state index >= 15 is 0 Å². The number of halogens is 1. The number of nitrogens with zero attached hydrogens (tertiary/aromatic N) is 6. The summed E-state index contributed by atoms with van der Waals surface area (Å²) in [4.78, 5) is 0. The Labute approximate surface area is 119 Å². The zero-order valence-electron chi connectivity index (χ0n) is 10.4. The molecule has 3 rings (SSSR count). The first kappa shape index (κ1) is 12.8. The summed E-state index contributed by atoms with van der Waals surface area (Å²) in [5.74, 6) is 0. The maximum absolute atomic E-state index is 8.94. The Hall–Kier alpha value is -2.25. The molecule has 0 fully saturated rings. The van der Waals surface area contributed by atoms with Crippen molar-refractivity contribution in [3.05, 3.63) is 53.1 Å². The summed E-state index contributed by atoms with van der Waals surface area (Å²) in [6, 6.07) is 7.35. The smallest absolute Gasteiger partial charge is 0.108 e. The lowest BCUT2D eigenvalue weighted by atomic mass is 10.3. The molecule has 20 heavy (non-hydrogen) atoms. The van der Waals surface area contributed by atoms with Crippen molar-refractivity contribution in [3.63, 3.8) is 0 Å². The molecule has 0 bridgehead atoms. The van der Waals surface area contributed by atoms with Gasteiger partial charge in [-0.05, 0) is 18.2 Å². The third-order valence-electron chi connectivity index (χ3n) is 2.69. The average Bonchev–Trinajstić information content (AvgIpc) is 3.08. The minimum absolute atomic E-state index is 0.130. The van der Waals surface area contributed by atoms with Crippen molar-refractivity contribution in [1.82, 2.24) is 30.0 Å². The highest BCUT2D eigenvalue weighted by molar-refractivity contribution is 6.30. The van der Waals surface area contributed by atoms with Crippen molar-refractivity contribution in [3.8, 4) is 5.69 Å². The minimum atomic E-state index is -0.130. The van der Waals surface area contributed by atoms with Gasteiger partial charge < -0.3 is 5.11 Å². The van der Waals surface area contributed by atoms with E-state index < -0.39 is 0 Å². The first-order valence-electron chi connectivity index (χ1n) is 5.91. The lowest BCUT2D eigenvalue weighted by molar-refractivity contribution is 0.276. The van der Waals surface area contributed by atoms with Gasteiger partial charge in [0.15, 0.2) is 0 Å². The van der Waals surface area contributed by atoms with Gasteiger partial charge in [0.05, 0.1) is 31.2 Å². The lowest BCUT2D eigenvalue weighted by Crippen LogP contribution is -2.00. The second kappa shape index (κ2) is 5.40. The van der Waals surface area contributed by atoms with Crippen LogP contribution in [0, 0.1) is 0 Å². The maximum atomic E-state index is 8.94. The van der Waals surface area contributed by atoms with Crippen LogP contribution in [-0.4, -0.2) is 35.1 Å². The van der Waals surface area contributed by atoms with E-state index in [9.17, 15) is 0 Å².